The number of benzene rings is 1. The Bertz CT molecular complexity index is 1080. The van der Waals surface area contributed by atoms with Crippen LogP contribution in [0.1, 0.15) is 63.9 Å². The van der Waals surface area contributed by atoms with Crippen molar-refractivity contribution < 1.29 is 4.79 Å². The Morgan fingerprint density at radius 3 is 2.55 bits per heavy atom. The molecule has 0 N–H and O–H groups in total. The van der Waals surface area contributed by atoms with Crippen molar-refractivity contribution >= 4 is 22.8 Å². The lowest BCUT2D eigenvalue weighted by Crippen LogP contribution is -2.35. The number of para-hydroxylation sites is 1. The third kappa shape index (κ3) is 5.18. The first-order valence-electron chi connectivity index (χ1n) is 12.5. The van der Waals surface area contributed by atoms with Crippen molar-refractivity contribution in [2.24, 2.45) is 0 Å². The van der Waals surface area contributed by atoms with E-state index in [1.54, 1.807) is 0 Å². The lowest BCUT2D eigenvalue weighted by molar-refractivity contribution is -0.131. The summed E-state index contributed by atoms with van der Waals surface area (Å²) in [7, 11) is 0. The topological polar surface area (TPSA) is 67.2 Å². The van der Waals surface area contributed by atoms with Crippen LogP contribution < -0.4 is 4.90 Å². The average molecular weight is 449 g/mol. The van der Waals surface area contributed by atoms with Crippen LogP contribution in [0.15, 0.2) is 30.3 Å². The summed E-state index contributed by atoms with van der Waals surface area (Å²) in [6.45, 7) is 9.59. The van der Waals surface area contributed by atoms with Gasteiger partial charge in [-0.2, -0.15) is 5.10 Å². The molecule has 33 heavy (non-hydrogen) atoms. The van der Waals surface area contributed by atoms with Gasteiger partial charge in [-0.25, -0.2) is 14.6 Å². The number of hydrogen-bond acceptors (Lipinski definition) is 5. The van der Waals surface area contributed by atoms with Crippen LogP contribution in [0, 0.1) is 6.92 Å². The molecule has 3 heterocycles. The molecule has 0 spiro atoms. The van der Waals surface area contributed by atoms with Gasteiger partial charge in [-0.05, 0) is 38.3 Å². The molecular formula is C26H36N6O. The standard InChI is InChI=1S/C26H36N6O/c1-4-6-8-15-23(33)30-16-11-17-31(19-18-30)25-24-20(3)29-32(21-13-9-7-10-14-21)26(24)28-22(27-25)12-5-2/h7,9-10,13-14H,4-6,8,11-12,15-19H2,1-3H3. The molecule has 1 fully saturated rings. The first-order chi connectivity index (χ1) is 16.1. The largest absolute Gasteiger partial charge is 0.354 e. The minimum absolute atomic E-state index is 0.290. The van der Waals surface area contributed by atoms with Gasteiger partial charge in [0, 0.05) is 39.0 Å². The monoisotopic (exact) mass is 448 g/mol. The fourth-order valence-electron chi connectivity index (χ4n) is 4.58. The zero-order valence-corrected chi connectivity index (χ0v) is 20.3. The van der Waals surface area contributed by atoms with Crippen LogP contribution in [0.3, 0.4) is 0 Å². The number of unbranched alkanes of at least 4 members (excludes halogenated alkanes) is 2. The molecule has 7 heteroatoms. The van der Waals surface area contributed by atoms with Gasteiger partial charge in [0.2, 0.25) is 5.91 Å². The van der Waals surface area contributed by atoms with Crippen molar-refractivity contribution in [2.45, 2.75) is 65.7 Å². The highest BCUT2D eigenvalue weighted by Crippen LogP contribution is 2.30. The third-order valence-electron chi connectivity index (χ3n) is 6.35. The van der Waals surface area contributed by atoms with Gasteiger partial charge in [-0.15, -0.1) is 0 Å². The Balaban J connectivity index is 1.66. The summed E-state index contributed by atoms with van der Waals surface area (Å²) in [5.74, 6) is 2.11. The molecule has 4 rings (SSSR count). The molecule has 1 aliphatic heterocycles. The molecule has 7 nitrogen and oxygen atoms in total. The Morgan fingerprint density at radius 2 is 1.79 bits per heavy atom. The van der Waals surface area contributed by atoms with Gasteiger partial charge in [0.05, 0.1) is 16.8 Å². The summed E-state index contributed by atoms with van der Waals surface area (Å²) < 4.78 is 1.94. The van der Waals surface area contributed by atoms with E-state index in [1.165, 1.54) is 0 Å². The van der Waals surface area contributed by atoms with E-state index >= 15 is 0 Å². The number of aryl methyl sites for hydroxylation is 2. The predicted molar refractivity (Wildman–Crippen MR) is 133 cm³/mol. The maximum absolute atomic E-state index is 12.7. The molecule has 3 aromatic rings. The Morgan fingerprint density at radius 1 is 0.970 bits per heavy atom. The highest BCUT2D eigenvalue weighted by atomic mass is 16.2. The van der Waals surface area contributed by atoms with Gasteiger partial charge in [0.15, 0.2) is 5.65 Å². The van der Waals surface area contributed by atoms with Crippen LogP contribution >= 0.6 is 0 Å². The van der Waals surface area contributed by atoms with Gasteiger partial charge in [0.25, 0.3) is 0 Å². The van der Waals surface area contributed by atoms with Gasteiger partial charge < -0.3 is 9.80 Å². The fourth-order valence-corrected chi connectivity index (χ4v) is 4.58. The first-order valence-corrected chi connectivity index (χ1v) is 12.5. The quantitative estimate of drug-likeness (QED) is 0.468. The number of carbonyl (C=O) groups excluding carboxylic acids is 1. The molecule has 1 aliphatic rings. The van der Waals surface area contributed by atoms with Crippen molar-refractivity contribution in [3.8, 4) is 5.69 Å². The molecule has 1 saturated heterocycles. The van der Waals surface area contributed by atoms with Crippen molar-refractivity contribution in [2.75, 3.05) is 31.1 Å². The summed E-state index contributed by atoms with van der Waals surface area (Å²) in [4.78, 5) is 27.0. The minimum Gasteiger partial charge on any atom is -0.354 e. The zero-order valence-electron chi connectivity index (χ0n) is 20.3. The molecule has 0 unspecified atom stereocenters. The molecule has 0 aliphatic carbocycles. The lowest BCUT2D eigenvalue weighted by atomic mass is 10.2. The van der Waals surface area contributed by atoms with Crippen molar-refractivity contribution in [1.29, 1.82) is 0 Å². The average Bonchev–Trinajstić information content (AvgIpc) is 2.99. The van der Waals surface area contributed by atoms with Gasteiger partial charge in [0.1, 0.15) is 11.6 Å². The maximum atomic E-state index is 12.7. The summed E-state index contributed by atoms with van der Waals surface area (Å²) in [6.07, 6.45) is 6.67. The Kier molecular flexibility index (Phi) is 7.57. The number of amides is 1. The van der Waals surface area contributed by atoms with Crippen LogP contribution in [0.4, 0.5) is 5.82 Å². The van der Waals surface area contributed by atoms with Crippen molar-refractivity contribution in [3.05, 3.63) is 41.9 Å². The van der Waals surface area contributed by atoms with Gasteiger partial charge in [-0.3, -0.25) is 4.79 Å². The van der Waals surface area contributed by atoms with Crippen molar-refractivity contribution in [1.82, 2.24) is 24.6 Å². The number of rotatable bonds is 8. The minimum atomic E-state index is 0.290. The van der Waals surface area contributed by atoms with Crippen molar-refractivity contribution in [3.63, 3.8) is 0 Å². The molecule has 1 amide bonds. The molecular weight excluding hydrogens is 412 g/mol. The summed E-state index contributed by atoms with van der Waals surface area (Å²) in [5, 5.41) is 5.86. The summed E-state index contributed by atoms with van der Waals surface area (Å²) in [5.41, 5.74) is 2.80. The zero-order chi connectivity index (χ0) is 23.2. The van der Waals surface area contributed by atoms with E-state index in [1.807, 2.05) is 34.7 Å². The normalized spacial score (nSPS) is 14.6. The van der Waals surface area contributed by atoms with Crippen LogP contribution in [-0.4, -0.2) is 56.7 Å². The molecule has 2 aromatic heterocycles. The van der Waals surface area contributed by atoms with Gasteiger partial charge >= 0.3 is 0 Å². The third-order valence-corrected chi connectivity index (χ3v) is 6.35. The highest BCUT2D eigenvalue weighted by Gasteiger charge is 2.24. The van der Waals surface area contributed by atoms with E-state index in [2.05, 4.69) is 30.9 Å². The van der Waals surface area contributed by atoms with Crippen LogP contribution in [0.2, 0.25) is 0 Å². The molecule has 0 radical (unpaired) electrons. The number of fused-ring (bicyclic) bond motifs is 1. The molecule has 0 saturated carbocycles. The second kappa shape index (κ2) is 10.8. The van der Waals surface area contributed by atoms with E-state index in [0.717, 1.165) is 98.8 Å². The first kappa shape index (κ1) is 23.2. The molecule has 0 bridgehead atoms. The number of anilines is 1. The van der Waals surface area contributed by atoms with E-state index < -0.39 is 0 Å². The second-order valence-corrected chi connectivity index (χ2v) is 8.92. The second-order valence-electron chi connectivity index (χ2n) is 8.92. The molecule has 0 atom stereocenters. The SMILES string of the molecule is CCCCCC(=O)N1CCCN(c2nc(CCC)nc3c2c(C)nn3-c2ccccc2)CC1. The number of carbonyl (C=O) groups is 1. The Labute approximate surface area is 196 Å². The molecule has 1 aromatic carbocycles. The highest BCUT2D eigenvalue weighted by molar-refractivity contribution is 5.91. The van der Waals surface area contributed by atoms with Gasteiger partial charge in [-0.1, -0.05) is 44.9 Å². The van der Waals surface area contributed by atoms with E-state index in [4.69, 9.17) is 15.1 Å². The van der Waals surface area contributed by atoms with E-state index in [-0.39, 0.29) is 5.91 Å². The number of nitrogens with zero attached hydrogens (tertiary/aromatic N) is 6. The maximum Gasteiger partial charge on any atom is 0.222 e. The Hall–Kier alpha value is -2.96. The smallest absolute Gasteiger partial charge is 0.222 e. The van der Waals surface area contributed by atoms with Crippen LogP contribution in [0.5, 0.6) is 0 Å². The van der Waals surface area contributed by atoms with Crippen LogP contribution in [0.25, 0.3) is 16.7 Å². The predicted octanol–water partition coefficient (Wildman–Crippen LogP) is 4.70. The van der Waals surface area contributed by atoms with E-state index in [9.17, 15) is 4.79 Å². The van der Waals surface area contributed by atoms with E-state index in [0.29, 0.717) is 6.42 Å². The number of aromatic nitrogens is 4. The summed E-state index contributed by atoms with van der Waals surface area (Å²) >= 11 is 0. The molecule has 176 valence electrons. The van der Waals surface area contributed by atoms with Crippen LogP contribution in [-0.2, 0) is 11.2 Å². The fraction of sp³-hybridized carbons (Fsp3) is 0.538. The number of hydrogen-bond donors (Lipinski definition) is 0. The lowest BCUT2D eigenvalue weighted by Gasteiger charge is -2.24. The summed E-state index contributed by atoms with van der Waals surface area (Å²) in [6, 6.07) is 10.2.